The maximum atomic E-state index is 12.4. The van der Waals surface area contributed by atoms with Crippen molar-refractivity contribution >= 4 is 22.5 Å². The van der Waals surface area contributed by atoms with E-state index in [2.05, 4.69) is 22.0 Å². The fourth-order valence-electron chi connectivity index (χ4n) is 3.22. The van der Waals surface area contributed by atoms with Gasteiger partial charge in [0.25, 0.3) is 0 Å². The van der Waals surface area contributed by atoms with Gasteiger partial charge in [0, 0.05) is 17.9 Å². The number of nitrogens with zero attached hydrogens (tertiary/aromatic N) is 1. The Morgan fingerprint density at radius 2 is 1.74 bits per heavy atom. The monoisotopic (exact) mass is 427 g/mol. The summed E-state index contributed by atoms with van der Waals surface area (Å²) in [6.07, 6.45) is -3.75. The SMILES string of the molecule is CCCNc1ccc(N)cc1-c1nc2cc(-c3ccc(OC(F)(F)F)cc3)ccc2o1. The zero-order valence-electron chi connectivity index (χ0n) is 16.7. The summed E-state index contributed by atoms with van der Waals surface area (Å²) in [7, 11) is 0. The molecule has 1 heterocycles. The van der Waals surface area contributed by atoms with Gasteiger partial charge in [0.1, 0.15) is 11.3 Å². The van der Waals surface area contributed by atoms with Crippen molar-refractivity contribution in [2.45, 2.75) is 19.7 Å². The van der Waals surface area contributed by atoms with E-state index in [1.807, 2.05) is 30.3 Å². The molecule has 0 amide bonds. The van der Waals surface area contributed by atoms with Crippen molar-refractivity contribution < 1.29 is 22.3 Å². The molecular weight excluding hydrogens is 407 g/mol. The van der Waals surface area contributed by atoms with E-state index in [1.54, 1.807) is 18.2 Å². The molecule has 3 N–H and O–H groups in total. The van der Waals surface area contributed by atoms with Gasteiger partial charge >= 0.3 is 6.36 Å². The van der Waals surface area contributed by atoms with Crippen LogP contribution < -0.4 is 15.8 Å². The molecule has 0 unspecified atom stereocenters. The van der Waals surface area contributed by atoms with Gasteiger partial charge in [0.05, 0.1) is 5.56 Å². The van der Waals surface area contributed by atoms with Crippen LogP contribution in [0.15, 0.2) is 65.1 Å². The van der Waals surface area contributed by atoms with Crippen molar-refractivity contribution in [2.75, 3.05) is 17.6 Å². The van der Waals surface area contributed by atoms with Gasteiger partial charge in [0.2, 0.25) is 5.89 Å². The number of nitrogens with two attached hydrogens (primary N) is 1. The third-order valence-electron chi connectivity index (χ3n) is 4.65. The summed E-state index contributed by atoms with van der Waals surface area (Å²) in [5.74, 6) is 0.168. The van der Waals surface area contributed by atoms with Crippen molar-refractivity contribution in [3.8, 4) is 28.3 Å². The zero-order chi connectivity index (χ0) is 22.0. The molecule has 0 radical (unpaired) electrons. The Balaban J connectivity index is 1.66. The van der Waals surface area contributed by atoms with Gasteiger partial charge in [-0.3, -0.25) is 0 Å². The van der Waals surface area contributed by atoms with Gasteiger partial charge < -0.3 is 20.2 Å². The topological polar surface area (TPSA) is 73.3 Å². The van der Waals surface area contributed by atoms with Crippen LogP contribution in [-0.2, 0) is 0 Å². The highest BCUT2D eigenvalue weighted by atomic mass is 19.4. The maximum Gasteiger partial charge on any atom is 0.573 e. The van der Waals surface area contributed by atoms with E-state index in [0.29, 0.717) is 22.7 Å². The van der Waals surface area contributed by atoms with Crippen LogP contribution in [0.2, 0.25) is 0 Å². The van der Waals surface area contributed by atoms with E-state index < -0.39 is 6.36 Å². The van der Waals surface area contributed by atoms with Crippen LogP contribution in [-0.4, -0.2) is 17.9 Å². The normalized spacial score (nSPS) is 11.6. The fourth-order valence-corrected chi connectivity index (χ4v) is 3.22. The first-order valence-electron chi connectivity index (χ1n) is 9.73. The Hall–Kier alpha value is -3.68. The van der Waals surface area contributed by atoms with E-state index in [4.69, 9.17) is 10.2 Å². The Bertz CT molecular complexity index is 1200. The molecule has 0 saturated heterocycles. The lowest BCUT2D eigenvalue weighted by atomic mass is 10.1. The van der Waals surface area contributed by atoms with Crippen molar-refractivity contribution in [2.24, 2.45) is 0 Å². The number of oxazole rings is 1. The Kier molecular flexibility index (Phi) is 5.46. The number of ether oxygens (including phenoxy) is 1. The number of nitrogens with one attached hydrogen (secondary N) is 1. The van der Waals surface area contributed by atoms with Crippen LogP contribution in [0.3, 0.4) is 0 Å². The highest BCUT2D eigenvalue weighted by molar-refractivity contribution is 5.85. The molecule has 0 aliphatic carbocycles. The van der Waals surface area contributed by atoms with Crippen LogP contribution in [0.25, 0.3) is 33.7 Å². The minimum Gasteiger partial charge on any atom is -0.436 e. The van der Waals surface area contributed by atoms with Crippen LogP contribution >= 0.6 is 0 Å². The summed E-state index contributed by atoms with van der Waals surface area (Å²) in [5.41, 5.74) is 11.0. The first kappa shape index (κ1) is 20.6. The van der Waals surface area contributed by atoms with Gasteiger partial charge in [-0.25, -0.2) is 4.98 Å². The number of hydrogen-bond acceptors (Lipinski definition) is 5. The molecule has 0 bridgehead atoms. The third kappa shape index (κ3) is 4.74. The Labute approximate surface area is 176 Å². The molecule has 3 aromatic carbocycles. The molecule has 0 fully saturated rings. The second kappa shape index (κ2) is 8.22. The average Bonchev–Trinajstić information content (AvgIpc) is 3.15. The molecule has 4 aromatic rings. The van der Waals surface area contributed by atoms with Crippen LogP contribution in [0.5, 0.6) is 5.75 Å². The summed E-state index contributed by atoms with van der Waals surface area (Å²) in [6, 6.07) is 16.6. The lowest BCUT2D eigenvalue weighted by Gasteiger charge is -2.09. The predicted octanol–water partition coefficient (Wildman–Crippen LogP) is 6.46. The smallest absolute Gasteiger partial charge is 0.436 e. The molecular formula is C23H20F3N3O2. The number of anilines is 2. The Morgan fingerprint density at radius 1 is 1.00 bits per heavy atom. The largest absolute Gasteiger partial charge is 0.573 e. The number of hydrogen-bond donors (Lipinski definition) is 2. The maximum absolute atomic E-state index is 12.4. The van der Waals surface area contributed by atoms with E-state index in [9.17, 15) is 13.2 Å². The van der Waals surface area contributed by atoms with Crippen molar-refractivity contribution in [3.05, 3.63) is 60.7 Å². The van der Waals surface area contributed by atoms with Gasteiger partial charge in [-0.2, -0.15) is 0 Å². The number of benzene rings is 3. The van der Waals surface area contributed by atoms with Gasteiger partial charge in [-0.05, 0) is 60.0 Å². The summed E-state index contributed by atoms with van der Waals surface area (Å²) >= 11 is 0. The van der Waals surface area contributed by atoms with Crippen molar-refractivity contribution in [3.63, 3.8) is 0 Å². The van der Waals surface area contributed by atoms with Crippen LogP contribution in [0, 0.1) is 0 Å². The van der Waals surface area contributed by atoms with E-state index in [1.165, 1.54) is 12.1 Å². The van der Waals surface area contributed by atoms with Gasteiger partial charge in [0.15, 0.2) is 5.58 Å². The molecule has 160 valence electrons. The summed E-state index contributed by atoms with van der Waals surface area (Å²) in [4.78, 5) is 4.61. The van der Waals surface area contributed by atoms with Crippen LogP contribution in [0.4, 0.5) is 24.5 Å². The highest BCUT2D eigenvalue weighted by Gasteiger charge is 2.31. The molecule has 0 aliphatic rings. The molecule has 8 heteroatoms. The van der Waals surface area contributed by atoms with Crippen molar-refractivity contribution in [1.29, 1.82) is 0 Å². The second-order valence-corrected chi connectivity index (χ2v) is 7.01. The van der Waals surface area contributed by atoms with Gasteiger partial charge in [-0.1, -0.05) is 25.1 Å². The Morgan fingerprint density at radius 3 is 2.45 bits per heavy atom. The summed E-state index contributed by atoms with van der Waals surface area (Å²) < 4.78 is 46.9. The molecule has 0 atom stereocenters. The standard InChI is InChI=1S/C23H20F3N3O2/c1-2-11-28-19-9-6-16(27)13-18(19)22-29-20-12-15(5-10-21(20)30-22)14-3-7-17(8-4-14)31-23(24,25)26/h3-10,12-13,28H,2,11,27H2,1H3. The number of aromatic nitrogens is 1. The summed E-state index contributed by atoms with van der Waals surface area (Å²) in [6.45, 7) is 2.88. The van der Waals surface area contributed by atoms with E-state index in [0.717, 1.165) is 35.3 Å². The van der Waals surface area contributed by atoms with Crippen LogP contribution in [0.1, 0.15) is 13.3 Å². The van der Waals surface area contributed by atoms with Gasteiger partial charge in [-0.15, -0.1) is 13.2 Å². The summed E-state index contributed by atoms with van der Waals surface area (Å²) in [5, 5.41) is 3.34. The lowest BCUT2D eigenvalue weighted by molar-refractivity contribution is -0.274. The molecule has 0 spiro atoms. The number of rotatable bonds is 6. The minimum atomic E-state index is -4.72. The minimum absolute atomic E-state index is 0.269. The number of halogens is 3. The molecule has 0 aliphatic heterocycles. The quantitative estimate of drug-likeness (QED) is 0.345. The first-order chi connectivity index (χ1) is 14.8. The lowest BCUT2D eigenvalue weighted by Crippen LogP contribution is -2.16. The zero-order valence-corrected chi connectivity index (χ0v) is 16.7. The molecule has 31 heavy (non-hydrogen) atoms. The van der Waals surface area contributed by atoms with Crippen molar-refractivity contribution in [1.82, 2.24) is 4.98 Å². The highest BCUT2D eigenvalue weighted by Crippen LogP contribution is 2.34. The molecule has 0 saturated carbocycles. The fraction of sp³-hybridized carbons (Fsp3) is 0.174. The molecule has 1 aromatic heterocycles. The van der Waals surface area contributed by atoms with E-state index >= 15 is 0 Å². The molecule has 4 rings (SSSR count). The number of fused-ring (bicyclic) bond motifs is 1. The second-order valence-electron chi connectivity index (χ2n) is 7.01. The third-order valence-corrected chi connectivity index (χ3v) is 4.65. The number of alkyl halides is 3. The molecule has 5 nitrogen and oxygen atoms in total. The predicted molar refractivity (Wildman–Crippen MR) is 115 cm³/mol. The first-order valence-corrected chi connectivity index (χ1v) is 9.73. The van der Waals surface area contributed by atoms with E-state index in [-0.39, 0.29) is 5.75 Å². The average molecular weight is 427 g/mol. The number of nitrogen functional groups attached to an aromatic ring is 1.